The highest BCUT2D eigenvalue weighted by Gasteiger charge is 2.25. The van der Waals surface area contributed by atoms with Crippen molar-refractivity contribution in [1.29, 1.82) is 0 Å². The van der Waals surface area contributed by atoms with Gasteiger partial charge in [0.1, 0.15) is 0 Å². The van der Waals surface area contributed by atoms with Gasteiger partial charge in [-0.2, -0.15) is 0 Å². The molecule has 16 heavy (non-hydrogen) atoms. The minimum absolute atomic E-state index is 0.213. The molecule has 2 unspecified atom stereocenters. The maximum Gasteiger partial charge on any atom is 0.172 e. The average Bonchev–Trinajstić information content (AvgIpc) is 2.73. The summed E-state index contributed by atoms with van der Waals surface area (Å²) in [6, 6.07) is 9.48. The monoisotopic (exact) mass is 236 g/mol. The summed E-state index contributed by atoms with van der Waals surface area (Å²) >= 11 is 1.72. The molecular formula is C13H16O2S. The summed E-state index contributed by atoms with van der Waals surface area (Å²) in [5.74, 6) is 0.771. The van der Waals surface area contributed by atoms with Gasteiger partial charge in [0.25, 0.3) is 0 Å². The third-order valence-corrected chi connectivity index (χ3v) is 4.31. The molecule has 2 rings (SSSR count). The number of ketones is 1. The van der Waals surface area contributed by atoms with E-state index in [1.165, 1.54) is 0 Å². The van der Waals surface area contributed by atoms with E-state index in [9.17, 15) is 4.79 Å². The van der Waals surface area contributed by atoms with Gasteiger partial charge in [-0.25, -0.2) is 0 Å². The lowest BCUT2D eigenvalue weighted by molar-refractivity contribution is 0.102. The lowest BCUT2D eigenvalue weighted by Crippen LogP contribution is -2.16. The summed E-state index contributed by atoms with van der Waals surface area (Å²) in [4.78, 5) is 11.8. The lowest BCUT2D eigenvalue weighted by Gasteiger charge is -2.12. The first-order valence-corrected chi connectivity index (χ1v) is 6.63. The summed E-state index contributed by atoms with van der Waals surface area (Å²) in [7, 11) is 0. The van der Waals surface area contributed by atoms with Gasteiger partial charge in [-0.05, 0) is 13.3 Å². The van der Waals surface area contributed by atoms with Crippen LogP contribution in [0.3, 0.4) is 0 Å². The second-order valence-electron chi connectivity index (χ2n) is 4.00. The lowest BCUT2D eigenvalue weighted by atomic mass is 10.2. The number of hydrogen-bond acceptors (Lipinski definition) is 3. The predicted octanol–water partition coefficient (Wildman–Crippen LogP) is 2.78. The van der Waals surface area contributed by atoms with Crippen molar-refractivity contribution in [3.05, 3.63) is 35.9 Å². The van der Waals surface area contributed by atoms with Crippen LogP contribution >= 0.6 is 11.8 Å². The van der Waals surface area contributed by atoms with E-state index in [0.29, 0.717) is 11.0 Å². The van der Waals surface area contributed by atoms with Crippen LogP contribution in [0, 0.1) is 0 Å². The van der Waals surface area contributed by atoms with Gasteiger partial charge in [0.05, 0.1) is 11.9 Å². The number of benzene rings is 1. The Balaban J connectivity index is 1.84. The van der Waals surface area contributed by atoms with Crippen LogP contribution in [0.5, 0.6) is 0 Å². The van der Waals surface area contributed by atoms with Crippen molar-refractivity contribution in [3.63, 3.8) is 0 Å². The van der Waals surface area contributed by atoms with Crippen LogP contribution in [0.1, 0.15) is 23.7 Å². The Morgan fingerprint density at radius 1 is 1.44 bits per heavy atom. The standard InChI is InChI=1S/C13H16O2S/c1-10-13(7-8-15-10)16-9-12(14)11-5-3-2-4-6-11/h2-6,10,13H,7-9H2,1H3. The molecule has 0 bridgehead atoms. The van der Waals surface area contributed by atoms with Gasteiger partial charge in [-0.15, -0.1) is 11.8 Å². The zero-order valence-electron chi connectivity index (χ0n) is 9.39. The number of ether oxygens (including phenoxy) is 1. The second-order valence-corrected chi connectivity index (χ2v) is 5.23. The minimum atomic E-state index is 0.213. The van der Waals surface area contributed by atoms with Crippen molar-refractivity contribution in [3.8, 4) is 0 Å². The summed E-state index contributed by atoms with van der Waals surface area (Å²) in [5, 5.41) is 0.479. The maximum absolute atomic E-state index is 11.8. The Morgan fingerprint density at radius 3 is 2.81 bits per heavy atom. The molecule has 1 fully saturated rings. The number of carbonyl (C=O) groups excluding carboxylic acids is 1. The molecule has 1 aromatic rings. The fourth-order valence-electron chi connectivity index (χ4n) is 1.82. The summed E-state index contributed by atoms with van der Waals surface area (Å²) in [6.45, 7) is 2.91. The van der Waals surface area contributed by atoms with Gasteiger partial charge < -0.3 is 4.74 Å². The molecule has 1 aliphatic rings. The molecule has 1 saturated heterocycles. The molecule has 0 spiro atoms. The van der Waals surface area contributed by atoms with Crippen molar-refractivity contribution in [2.24, 2.45) is 0 Å². The Labute approximate surface area is 100 Å². The van der Waals surface area contributed by atoms with E-state index in [0.717, 1.165) is 18.6 Å². The Bertz CT molecular complexity index is 350. The molecular weight excluding hydrogens is 220 g/mol. The van der Waals surface area contributed by atoms with Crippen molar-refractivity contribution in [2.75, 3.05) is 12.4 Å². The fourth-order valence-corrected chi connectivity index (χ4v) is 2.97. The van der Waals surface area contributed by atoms with Gasteiger partial charge >= 0.3 is 0 Å². The summed E-state index contributed by atoms with van der Waals surface area (Å²) in [6.07, 6.45) is 1.35. The first kappa shape index (κ1) is 11.7. The minimum Gasteiger partial charge on any atom is -0.377 e. The van der Waals surface area contributed by atoms with Crippen LogP contribution in [0.25, 0.3) is 0 Å². The van der Waals surface area contributed by atoms with Crippen LogP contribution in [0.15, 0.2) is 30.3 Å². The van der Waals surface area contributed by atoms with Gasteiger partial charge in [0.2, 0.25) is 0 Å². The molecule has 1 heterocycles. The van der Waals surface area contributed by atoms with E-state index in [2.05, 4.69) is 6.92 Å². The van der Waals surface area contributed by atoms with E-state index in [-0.39, 0.29) is 11.9 Å². The molecule has 0 N–H and O–H groups in total. The average molecular weight is 236 g/mol. The largest absolute Gasteiger partial charge is 0.377 e. The molecule has 1 aliphatic heterocycles. The van der Waals surface area contributed by atoms with Crippen molar-refractivity contribution < 1.29 is 9.53 Å². The number of carbonyl (C=O) groups is 1. The molecule has 0 radical (unpaired) electrons. The second kappa shape index (κ2) is 5.51. The van der Waals surface area contributed by atoms with E-state index in [4.69, 9.17) is 4.74 Å². The molecule has 0 aromatic heterocycles. The SMILES string of the molecule is CC1OCCC1SCC(=O)c1ccccc1. The molecule has 0 aliphatic carbocycles. The van der Waals surface area contributed by atoms with Crippen LogP contribution in [0.4, 0.5) is 0 Å². The van der Waals surface area contributed by atoms with Crippen LogP contribution in [-0.2, 0) is 4.74 Å². The smallest absolute Gasteiger partial charge is 0.172 e. The number of hydrogen-bond donors (Lipinski definition) is 0. The molecule has 2 atom stereocenters. The number of Topliss-reactive ketones (excluding diaryl/α,β-unsaturated/α-hetero) is 1. The first-order valence-electron chi connectivity index (χ1n) is 5.59. The first-order chi connectivity index (χ1) is 7.77. The topological polar surface area (TPSA) is 26.3 Å². The molecule has 1 aromatic carbocycles. The van der Waals surface area contributed by atoms with Crippen LogP contribution in [0.2, 0.25) is 0 Å². The number of rotatable bonds is 4. The summed E-state index contributed by atoms with van der Waals surface area (Å²) < 4.78 is 5.47. The van der Waals surface area contributed by atoms with Crippen LogP contribution in [-0.4, -0.2) is 29.5 Å². The predicted molar refractivity (Wildman–Crippen MR) is 67.0 cm³/mol. The van der Waals surface area contributed by atoms with Gasteiger partial charge in [0.15, 0.2) is 5.78 Å². The fraction of sp³-hybridized carbons (Fsp3) is 0.462. The third-order valence-electron chi connectivity index (χ3n) is 2.83. The van der Waals surface area contributed by atoms with Crippen molar-refractivity contribution >= 4 is 17.5 Å². The van der Waals surface area contributed by atoms with Crippen molar-refractivity contribution in [1.82, 2.24) is 0 Å². The molecule has 3 heteroatoms. The zero-order valence-corrected chi connectivity index (χ0v) is 10.2. The highest BCUT2D eigenvalue weighted by molar-refractivity contribution is 8.00. The summed E-state index contributed by atoms with van der Waals surface area (Å²) in [5.41, 5.74) is 0.807. The van der Waals surface area contributed by atoms with Gasteiger partial charge in [-0.1, -0.05) is 30.3 Å². The molecule has 2 nitrogen and oxygen atoms in total. The molecule has 0 saturated carbocycles. The quantitative estimate of drug-likeness (QED) is 0.752. The normalized spacial score (nSPS) is 24.6. The van der Waals surface area contributed by atoms with E-state index < -0.39 is 0 Å². The van der Waals surface area contributed by atoms with Gasteiger partial charge in [-0.3, -0.25) is 4.79 Å². The van der Waals surface area contributed by atoms with E-state index >= 15 is 0 Å². The molecule has 86 valence electrons. The third kappa shape index (κ3) is 2.86. The molecule has 0 amide bonds. The highest BCUT2D eigenvalue weighted by Crippen LogP contribution is 2.26. The number of thioether (sulfide) groups is 1. The Hall–Kier alpha value is -0.800. The zero-order chi connectivity index (χ0) is 11.4. The highest BCUT2D eigenvalue weighted by atomic mass is 32.2. The van der Waals surface area contributed by atoms with Gasteiger partial charge in [0, 0.05) is 17.4 Å². The maximum atomic E-state index is 11.8. The Morgan fingerprint density at radius 2 is 2.19 bits per heavy atom. The Kier molecular flexibility index (Phi) is 4.02. The van der Waals surface area contributed by atoms with Crippen LogP contribution < -0.4 is 0 Å². The van der Waals surface area contributed by atoms with E-state index in [1.54, 1.807) is 11.8 Å². The van der Waals surface area contributed by atoms with Crippen molar-refractivity contribution in [2.45, 2.75) is 24.7 Å². The van der Waals surface area contributed by atoms with E-state index in [1.807, 2.05) is 30.3 Å².